The van der Waals surface area contributed by atoms with Crippen LogP contribution in [0.5, 0.6) is 0 Å². The molecule has 0 bridgehead atoms. The molecule has 0 unspecified atom stereocenters. The molecule has 0 heterocycles. The van der Waals surface area contributed by atoms with Crippen LogP contribution in [-0.4, -0.2) is 51.2 Å². The van der Waals surface area contributed by atoms with Crippen molar-refractivity contribution in [3.05, 3.63) is 0 Å². The van der Waals surface area contributed by atoms with Crippen molar-refractivity contribution in [2.24, 2.45) is 4.74 Å². The normalized spacial score (nSPS) is 12.8. The number of rotatable bonds is 2. The molecule has 0 aliphatic rings. The highest BCUT2D eigenvalue weighted by Crippen LogP contribution is 2.48. The van der Waals surface area contributed by atoms with Crippen LogP contribution in [0, 0.1) is 0 Å². The first-order chi connectivity index (χ1) is 4.45. The van der Waals surface area contributed by atoms with Crippen molar-refractivity contribution >= 4 is 7.36 Å². The molecule has 0 aliphatic carbocycles. The molecule has 0 aliphatic heterocycles. The minimum Gasteiger partial charge on any atom is -0.277 e. The lowest BCUT2D eigenvalue weighted by Crippen LogP contribution is -2.19. The van der Waals surface area contributed by atoms with Crippen LogP contribution in [0.2, 0.25) is 0 Å². The van der Waals surface area contributed by atoms with E-state index in [1.54, 1.807) is 0 Å². The first kappa shape index (κ1) is 10.2. The molecule has 0 radical (unpaired) electrons. The van der Waals surface area contributed by atoms with Crippen LogP contribution in [-0.2, 0) is 0 Å². The molecule has 10 heavy (non-hydrogen) atoms. The second-order valence-electron chi connectivity index (χ2n) is 2.76. The number of nitrogens with zero attached hydrogens (tertiary/aromatic N) is 3. The Morgan fingerprint density at radius 2 is 1.30 bits per heavy atom. The van der Waals surface area contributed by atoms with Gasteiger partial charge in [-0.15, -0.1) is 0 Å². The summed E-state index contributed by atoms with van der Waals surface area (Å²) >= 11 is 0. The summed E-state index contributed by atoms with van der Waals surface area (Å²) < 4.78 is 8.76. The standard InChI is InChI=1S/C6H18N3P/c1-7-10(6,8(2)3)9(4)5/h1-6H3. The summed E-state index contributed by atoms with van der Waals surface area (Å²) in [5.41, 5.74) is 0. The summed E-state index contributed by atoms with van der Waals surface area (Å²) in [6.07, 6.45) is 0. The second kappa shape index (κ2) is 3.51. The van der Waals surface area contributed by atoms with Gasteiger partial charge in [-0.2, -0.15) is 0 Å². The van der Waals surface area contributed by atoms with Crippen molar-refractivity contribution in [3.63, 3.8) is 0 Å². The van der Waals surface area contributed by atoms with Crippen LogP contribution in [0.4, 0.5) is 0 Å². The first-order valence-electron chi connectivity index (χ1n) is 3.28. The molecule has 0 fully saturated rings. The topological polar surface area (TPSA) is 18.8 Å². The molecule has 4 heteroatoms. The van der Waals surface area contributed by atoms with Gasteiger partial charge in [-0.1, -0.05) is 0 Å². The third kappa shape index (κ3) is 1.82. The van der Waals surface area contributed by atoms with E-state index in [9.17, 15) is 0 Å². The van der Waals surface area contributed by atoms with Crippen molar-refractivity contribution < 1.29 is 0 Å². The molecule has 0 rings (SSSR count). The number of hydrogen-bond donors (Lipinski definition) is 0. The smallest absolute Gasteiger partial charge is 0.0924 e. The molecule has 3 nitrogen and oxygen atoms in total. The minimum absolute atomic E-state index is 1.30. The van der Waals surface area contributed by atoms with Gasteiger partial charge < -0.3 is 0 Å². The number of hydrogen-bond acceptors (Lipinski definition) is 1. The van der Waals surface area contributed by atoms with Gasteiger partial charge in [-0.05, 0) is 34.9 Å². The summed E-state index contributed by atoms with van der Waals surface area (Å²) in [6, 6.07) is 0. The molecular weight excluding hydrogens is 145 g/mol. The second-order valence-corrected chi connectivity index (χ2v) is 6.50. The van der Waals surface area contributed by atoms with Gasteiger partial charge in [-0.3, -0.25) is 14.1 Å². The maximum atomic E-state index is 4.38. The lowest BCUT2D eigenvalue weighted by atomic mass is 11.3. The highest BCUT2D eigenvalue weighted by molar-refractivity contribution is 7.60. The predicted molar refractivity (Wildman–Crippen MR) is 48.6 cm³/mol. The molecule has 0 atom stereocenters. The van der Waals surface area contributed by atoms with Gasteiger partial charge in [-0.25, -0.2) is 0 Å². The Morgan fingerprint density at radius 3 is 1.30 bits per heavy atom. The Bertz CT molecular complexity index is 139. The monoisotopic (exact) mass is 163 g/mol. The molecule has 62 valence electrons. The minimum atomic E-state index is -1.30. The SMILES string of the molecule is CN=P(C)(N(C)C)N(C)C. The van der Waals surface area contributed by atoms with Crippen LogP contribution >= 0.6 is 7.36 Å². The Kier molecular flexibility index (Phi) is 3.57. The Morgan fingerprint density at radius 1 is 1.00 bits per heavy atom. The van der Waals surface area contributed by atoms with E-state index in [4.69, 9.17) is 0 Å². The molecule has 0 spiro atoms. The van der Waals surface area contributed by atoms with Crippen molar-refractivity contribution in [2.75, 3.05) is 41.9 Å². The highest BCUT2D eigenvalue weighted by Gasteiger charge is 2.16. The fraction of sp³-hybridized carbons (Fsp3) is 1.00. The van der Waals surface area contributed by atoms with Crippen LogP contribution < -0.4 is 0 Å². The van der Waals surface area contributed by atoms with Gasteiger partial charge >= 0.3 is 0 Å². The Labute approximate surface area is 64.2 Å². The lowest BCUT2D eigenvalue weighted by Gasteiger charge is -2.32. The molecule has 0 aromatic carbocycles. The van der Waals surface area contributed by atoms with Gasteiger partial charge in [0.1, 0.15) is 0 Å². The van der Waals surface area contributed by atoms with Crippen LogP contribution in [0.1, 0.15) is 0 Å². The Balaban J connectivity index is 4.59. The molecule has 0 amide bonds. The molecular formula is C6H18N3P. The van der Waals surface area contributed by atoms with Crippen molar-refractivity contribution in [2.45, 2.75) is 0 Å². The molecule has 0 aromatic heterocycles. The Hall–Kier alpha value is 0.150. The third-order valence-corrected chi connectivity index (χ3v) is 5.68. The van der Waals surface area contributed by atoms with E-state index in [-0.39, 0.29) is 0 Å². The van der Waals surface area contributed by atoms with Gasteiger partial charge in [0.25, 0.3) is 0 Å². The summed E-state index contributed by atoms with van der Waals surface area (Å²) in [5.74, 6) is 0. The maximum Gasteiger partial charge on any atom is 0.0924 e. The molecule has 0 aromatic rings. The maximum absolute atomic E-state index is 4.38. The first-order valence-corrected chi connectivity index (χ1v) is 5.38. The van der Waals surface area contributed by atoms with Gasteiger partial charge in [0, 0.05) is 7.05 Å². The zero-order valence-electron chi connectivity index (χ0n) is 7.79. The third-order valence-electron chi connectivity index (χ3n) is 1.89. The fourth-order valence-electron chi connectivity index (χ4n) is 0.716. The molecule has 0 saturated carbocycles. The van der Waals surface area contributed by atoms with Crippen molar-refractivity contribution in [1.82, 2.24) is 9.34 Å². The zero-order chi connectivity index (χ0) is 8.36. The van der Waals surface area contributed by atoms with Crippen molar-refractivity contribution in [3.8, 4) is 0 Å². The average Bonchev–Trinajstić information content (AvgIpc) is 1.85. The predicted octanol–water partition coefficient (Wildman–Crippen LogP) is 1.40. The van der Waals surface area contributed by atoms with Gasteiger partial charge in [0.2, 0.25) is 0 Å². The highest BCUT2D eigenvalue weighted by atomic mass is 31.2. The van der Waals surface area contributed by atoms with E-state index < -0.39 is 7.36 Å². The fourth-order valence-corrected chi connectivity index (χ4v) is 2.15. The lowest BCUT2D eigenvalue weighted by molar-refractivity contribution is 0.565. The van der Waals surface area contributed by atoms with E-state index in [0.717, 1.165) is 0 Å². The molecule has 0 N–H and O–H groups in total. The molecule has 0 saturated heterocycles. The van der Waals surface area contributed by atoms with E-state index in [1.807, 2.05) is 7.05 Å². The quantitative estimate of drug-likeness (QED) is 0.573. The summed E-state index contributed by atoms with van der Waals surface area (Å²) in [5, 5.41) is 0. The van der Waals surface area contributed by atoms with E-state index in [0.29, 0.717) is 0 Å². The van der Waals surface area contributed by atoms with E-state index in [1.165, 1.54) is 0 Å². The zero-order valence-corrected chi connectivity index (χ0v) is 8.68. The van der Waals surface area contributed by atoms with Gasteiger partial charge in [0.15, 0.2) is 0 Å². The van der Waals surface area contributed by atoms with Crippen LogP contribution in [0.25, 0.3) is 0 Å². The van der Waals surface area contributed by atoms with E-state index >= 15 is 0 Å². The van der Waals surface area contributed by atoms with Crippen LogP contribution in [0.3, 0.4) is 0 Å². The van der Waals surface area contributed by atoms with Crippen molar-refractivity contribution in [1.29, 1.82) is 0 Å². The van der Waals surface area contributed by atoms with Gasteiger partial charge in [0.05, 0.1) is 7.36 Å². The summed E-state index contributed by atoms with van der Waals surface area (Å²) in [4.78, 5) is 0. The average molecular weight is 163 g/mol. The summed E-state index contributed by atoms with van der Waals surface area (Å²) in [7, 11) is 8.86. The summed E-state index contributed by atoms with van der Waals surface area (Å²) in [6.45, 7) is 2.19. The largest absolute Gasteiger partial charge is 0.277 e. The van der Waals surface area contributed by atoms with Crippen LogP contribution in [0.15, 0.2) is 4.74 Å². The van der Waals surface area contributed by atoms with E-state index in [2.05, 4.69) is 48.9 Å².